The lowest BCUT2D eigenvalue weighted by atomic mass is 9.89. The highest BCUT2D eigenvalue weighted by molar-refractivity contribution is 6.01. The monoisotopic (exact) mass is 359 g/mol. The summed E-state index contributed by atoms with van der Waals surface area (Å²) in [7, 11) is 1.66. The Morgan fingerprint density at radius 3 is 2.59 bits per heavy atom. The quantitative estimate of drug-likeness (QED) is 0.784. The molecule has 134 valence electrons. The van der Waals surface area contributed by atoms with Crippen LogP contribution in [0.4, 0.5) is 5.69 Å². The van der Waals surface area contributed by atoms with E-state index in [1.54, 1.807) is 32.2 Å². The molecule has 27 heavy (non-hydrogen) atoms. The largest absolute Gasteiger partial charge is 0.464 e. The number of nitriles is 1. The van der Waals surface area contributed by atoms with Gasteiger partial charge in [-0.15, -0.1) is 0 Å². The van der Waals surface area contributed by atoms with E-state index < -0.39 is 5.72 Å². The first-order chi connectivity index (χ1) is 13.0. The number of carbonyl (C=O) groups is 2. The van der Waals surface area contributed by atoms with Crippen molar-refractivity contribution in [1.29, 1.82) is 5.26 Å². The van der Waals surface area contributed by atoms with Gasteiger partial charge in [-0.1, -0.05) is 30.3 Å². The molecule has 0 radical (unpaired) electrons. The minimum absolute atomic E-state index is 0.134. The summed E-state index contributed by atoms with van der Waals surface area (Å²) in [6.07, 6.45) is 1.38. The van der Waals surface area contributed by atoms with Crippen molar-refractivity contribution < 1.29 is 14.3 Å². The van der Waals surface area contributed by atoms with Gasteiger partial charge < -0.3 is 9.64 Å². The minimum Gasteiger partial charge on any atom is -0.464 e. The summed E-state index contributed by atoms with van der Waals surface area (Å²) in [6, 6.07) is 16.5. The van der Waals surface area contributed by atoms with Crippen molar-refractivity contribution in [1.82, 2.24) is 4.90 Å². The molecule has 0 aromatic heterocycles. The molecule has 0 aliphatic carbocycles. The molecular formula is C21H17N3O3. The van der Waals surface area contributed by atoms with Gasteiger partial charge in [0, 0.05) is 24.3 Å². The lowest BCUT2D eigenvalue weighted by molar-refractivity contribution is -0.161. The third-order valence-corrected chi connectivity index (χ3v) is 4.97. The second-order valence-corrected chi connectivity index (χ2v) is 6.59. The average Bonchev–Trinajstić information content (AvgIpc) is 2.77. The van der Waals surface area contributed by atoms with Crippen LogP contribution in [0.3, 0.4) is 0 Å². The van der Waals surface area contributed by atoms with Crippen molar-refractivity contribution >= 4 is 17.5 Å². The van der Waals surface area contributed by atoms with Crippen LogP contribution in [0.25, 0.3) is 0 Å². The zero-order valence-corrected chi connectivity index (χ0v) is 15.0. The van der Waals surface area contributed by atoms with Gasteiger partial charge in [0.25, 0.3) is 5.91 Å². The topological polar surface area (TPSA) is 73.6 Å². The standard InChI is InChI=1S/C21H17N3O3/c1-14-10-19(25)24-13-20(26)23(2)18-9-8-15(12-22)11-17(18)21(24,27-14)16-6-4-3-5-7-16/h3-11H,13H2,1-2H3. The zero-order valence-electron chi connectivity index (χ0n) is 15.0. The SMILES string of the molecule is CC1=CC(=O)N2CC(=O)N(C)c3ccc(C#N)cc3C2(c2ccccc2)O1. The van der Waals surface area contributed by atoms with Crippen LogP contribution in [0.5, 0.6) is 0 Å². The number of carbonyl (C=O) groups excluding carboxylic acids is 2. The van der Waals surface area contributed by atoms with Gasteiger partial charge in [-0.2, -0.15) is 5.26 Å². The summed E-state index contributed by atoms with van der Waals surface area (Å²) in [4.78, 5) is 28.6. The first-order valence-corrected chi connectivity index (χ1v) is 8.53. The Balaban J connectivity index is 2.13. The van der Waals surface area contributed by atoms with Crippen molar-refractivity contribution in [2.45, 2.75) is 12.6 Å². The summed E-state index contributed by atoms with van der Waals surface area (Å²) >= 11 is 0. The fraction of sp³-hybridized carbons (Fsp3) is 0.190. The fourth-order valence-corrected chi connectivity index (χ4v) is 3.69. The number of rotatable bonds is 1. The number of hydrogen-bond acceptors (Lipinski definition) is 4. The van der Waals surface area contributed by atoms with Crippen LogP contribution in [0.1, 0.15) is 23.6 Å². The van der Waals surface area contributed by atoms with E-state index in [-0.39, 0.29) is 18.4 Å². The fourth-order valence-electron chi connectivity index (χ4n) is 3.69. The molecular weight excluding hydrogens is 342 g/mol. The maximum atomic E-state index is 12.9. The zero-order chi connectivity index (χ0) is 19.2. The Kier molecular flexibility index (Phi) is 3.74. The Morgan fingerprint density at radius 1 is 1.15 bits per heavy atom. The molecule has 2 aliphatic heterocycles. The van der Waals surface area contributed by atoms with E-state index >= 15 is 0 Å². The van der Waals surface area contributed by atoms with Crippen LogP contribution in [-0.2, 0) is 20.1 Å². The van der Waals surface area contributed by atoms with E-state index in [0.29, 0.717) is 28.1 Å². The predicted octanol–water partition coefficient (Wildman–Crippen LogP) is 2.50. The molecule has 2 amide bonds. The van der Waals surface area contributed by atoms with Gasteiger partial charge in [-0.3, -0.25) is 14.5 Å². The number of benzene rings is 2. The highest BCUT2D eigenvalue weighted by atomic mass is 16.5. The molecule has 1 unspecified atom stereocenters. The Morgan fingerprint density at radius 2 is 1.89 bits per heavy atom. The van der Waals surface area contributed by atoms with E-state index in [2.05, 4.69) is 6.07 Å². The van der Waals surface area contributed by atoms with Crippen molar-refractivity contribution in [2.24, 2.45) is 0 Å². The normalized spacial score (nSPS) is 21.4. The molecule has 2 aliphatic rings. The summed E-state index contributed by atoms with van der Waals surface area (Å²) in [5, 5.41) is 9.42. The van der Waals surface area contributed by atoms with Crippen LogP contribution in [-0.4, -0.2) is 30.3 Å². The van der Waals surface area contributed by atoms with Gasteiger partial charge in [0.1, 0.15) is 12.3 Å². The van der Waals surface area contributed by atoms with E-state index in [9.17, 15) is 14.9 Å². The van der Waals surface area contributed by atoms with Crippen LogP contribution < -0.4 is 4.90 Å². The highest BCUT2D eigenvalue weighted by Gasteiger charge is 2.52. The molecule has 0 saturated carbocycles. The van der Waals surface area contributed by atoms with Gasteiger partial charge in [-0.25, -0.2) is 0 Å². The van der Waals surface area contributed by atoms with Gasteiger partial charge in [0.05, 0.1) is 17.3 Å². The molecule has 0 spiro atoms. The molecule has 0 bridgehead atoms. The number of fused-ring (bicyclic) bond motifs is 3. The number of allylic oxidation sites excluding steroid dienone is 1. The Labute approximate surface area is 156 Å². The molecule has 6 heteroatoms. The van der Waals surface area contributed by atoms with Gasteiger partial charge in [-0.05, 0) is 25.1 Å². The number of anilines is 1. The number of ether oxygens (including phenoxy) is 1. The van der Waals surface area contributed by atoms with E-state index in [4.69, 9.17) is 4.74 Å². The van der Waals surface area contributed by atoms with E-state index in [1.807, 2.05) is 30.3 Å². The molecule has 2 aromatic rings. The molecule has 2 aromatic carbocycles. The van der Waals surface area contributed by atoms with Crippen molar-refractivity contribution in [2.75, 3.05) is 18.5 Å². The summed E-state index contributed by atoms with van der Waals surface area (Å²) in [6.45, 7) is 1.58. The average molecular weight is 359 g/mol. The van der Waals surface area contributed by atoms with Crippen molar-refractivity contribution in [3.8, 4) is 6.07 Å². The van der Waals surface area contributed by atoms with Crippen molar-refractivity contribution in [3.05, 3.63) is 77.1 Å². The van der Waals surface area contributed by atoms with Gasteiger partial charge in [0.2, 0.25) is 11.6 Å². The molecule has 0 fully saturated rings. The molecule has 1 atom stereocenters. The second-order valence-electron chi connectivity index (χ2n) is 6.59. The molecule has 4 rings (SSSR count). The summed E-state index contributed by atoms with van der Waals surface area (Å²) in [5.74, 6) is -0.0892. The third-order valence-electron chi connectivity index (χ3n) is 4.97. The lowest BCUT2D eigenvalue weighted by Crippen LogP contribution is -2.54. The van der Waals surface area contributed by atoms with Crippen molar-refractivity contribution in [3.63, 3.8) is 0 Å². The third kappa shape index (κ3) is 2.40. The predicted molar refractivity (Wildman–Crippen MR) is 98.3 cm³/mol. The van der Waals surface area contributed by atoms with Crippen LogP contribution in [0.15, 0.2) is 60.4 Å². The molecule has 0 N–H and O–H groups in total. The summed E-state index contributed by atoms with van der Waals surface area (Å²) < 4.78 is 6.31. The van der Waals surface area contributed by atoms with Crippen LogP contribution >= 0.6 is 0 Å². The van der Waals surface area contributed by atoms with Gasteiger partial charge >= 0.3 is 0 Å². The second kappa shape index (κ2) is 5.99. The van der Waals surface area contributed by atoms with E-state index in [0.717, 1.165) is 0 Å². The first kappa shape index (κ1) is 16.9. The molecule has 0 saturated heterocycles. The van der Waals surface area contributed by atoms with Crippen LogP contribution in [0, 0.1) is 11.3 Å². The maximum absolute atomic E-state index is 12.9. The molecule has 6 nitrogen and oxygen atoms in total. The maximum Gasteiger partial charge on any atom is 0.254 e. The number of nitrogens with zero attached hydrogens (tertiary/aromatic N) is 3. The Hall–Kier alpha value is -3.59. The number of hydrogen-bond donors (Lipinski definition) is 0. The Bertz CT molecular complexity index is 1020. The van der Waals surface area contributed by atoms with E-state index in [1.165, 1.54) is 15.9 Å². The smallest absolute Gasteiger partial charge is 0.254 e. The lowest BCUT2D eigenvalue weighted by Gasteiger charge is -2.45. The molecule has 2 heterocycles. The number of amides is 2. The van der Waals surface area contributed by atoms with Gasteiger partial charge in [0.15, 0.2) is 0 Å². The summed E-state index contributed by atoms with van der Waals surface area (Å²) in [5.41, 5.74) is 1.01. The highest BCUT2D eigenvalue weighted by Crippen LogP contribution is 2.47. The first-order valence-electron chi connectivity index (χ1n) is 8.53. The minimum atomic E-state index is -1.32. The van der Waals surface area contributed by atoms with Crippen LogP contribution in [0.2, 0.25) is 0 Å². The number of likely N-dealkylation sites (N-methyl/N-ethyl adjacent to an activating group) is 1.